The molecule has 1 aromatic heterocycles. The topological polar surface area (TPSA) is 62.7 Å². The Morgan fingerprint density at radius 1 is 1.00 bits per heavy atom. The predicted molar refractivity (Wildman–Crippen MR) is 86.5 cm³/mol. The Hall–Kier alpha value is -2.17. The van der Waals surface area contributed by atoms with Gasteiger partial charge in [0.25, 0.3) is 0 Å². The molecule has 112 valence electrons. The Balaban J connectivity index is 1.71. The molecule has 0 atom stereocenters. The summed E-state index contributed by atoms with van der Waals surface area (Å²) < 4.78 is 0. The Bertz CT molecular complexity index is 515. The summed E-state index contributed by atoms with van der Waals surface area (Å²) in [5, 5.41) is 14.4. The molecular weight excluding hydrogens is 262 g/mol. The first kappa shape index (κ1) is 15.2. The van der Waals surface area contributed by atoms with Crippen LogP contribution < -0.4 is 10.6 Å². The van der Waals surface area contributed by atoms with Crippen LogP contribution in [0.5, 0.6) is 0 Å². The molecule has 0 bridgehead atoms. The van der Waals surface area contributed by atoms with Gasteiger partial charge in [0.2, 0.25) is 5.95 Å². The van der Waals surface area contributed by atoms with Gasteiger partial charge in [-0.05, 0) is 24.8 Å². The number of nitrogens with one attached hydrogen (secondary N) is 2. The van der Waals surface area contributed by atoms with E-state index < -0.39 is 0 Å². The maximum atomic E-state index is 4.39. The minimum Gasteiger partial charge on any atom is -0.369 e. The third-order valence-corrected chi connectivity index (χ3v) is 3.16. The summed E-state index contributed by atoms with van der Waals surface area (Å²) >= 11 is 0. The number of benzene rings is 1. The molecule has 0 saturated heterocycles. The molecule has 0 spiro atoms. The number of rotatable bonds is 9. The van der Waals surface area contributed by atoms with Gasteiger partial charge in [-0.3, -0.25) is 0 Å². The highest BCUT2D eigenvalue weighted by Crippen LogP contribution is 2.06. The highest BCUT2D eigenvalue weighted by atomic mass is 15.3. The molecule has 0 fully saturated rings. The molecule has 5 nitrogen and oxygen atoms in total. The first-order chi connectivity index (χ1) is 10.4. The number of aromatic nitrogens is 3. The lowest BCUT2D eigenvalue weighted by molar-refractivity contribution is 0.816. The molecule has 0 aliphatic carbocycles. The molecule has 0 aliphatic rings. The third kappa shape index (κ3) is 5.77. The smallest absolute Gasteiger partial charge is 0.244 e. The lowest BCUT2D eigenvalue weighted by atomic mass is 10.1. The molecule has 0 unspecified atom stereocenters. The van der Waals surface area contributed by atoms with Gasteiger partial charge in [0.1, 0.15) is 5.82 Å². The second-order valence-corrected chi connectivity index (χ2v) is 4.96. The molecule has 21 heavy (non-hydrogen) atoms. The highest BCUT2D eigenvalue weighted by Gasteiger charge is 1.99. The number of anilines is 2. The fourth-order valence-electron chi connectivity index (χ4n) is 1.99. The first-order valence-corrected chi connectivity index (χ1v) is 7.60. The van der Waals surface area contributed by atoms with E-state index in [4.69, 9.17) is 0 Å². The van der Waals surface area contributed by atoms with Gasteiger partial charge in [0.15, 0.2) is 0 Å². The summed E-state index contributed by atoms with van der Waals surface area (Å²) in [5.41, 5.74) is 1.36. The minimum atomic E-state index is 0.594. The van der Waals surface area contributed by atoms with E-state index in [2.05, 4.69) is 57.0 Å². The fraction of sp³-hybridized carbons (Fsp3) is 0.438. The van der Waals surface area contributed by atoms with E-state index in [-0.39, 0.29) is 0 Å². The van der Waals surface area contributed by atoms with Crippen LogP contribution >= 0.6 is 0 Å². The van der Waals surface area contributed by atoms with Crippen molar-refractivity contribution in [1.29, 1.82) is 0 Å². The molecule has 1 aromatic carbocycles. The monoisotopic (exact) mass is 285 g/mol. The molecule has 0 amide bonds. The maximum absolute atomic E-state index is 4.39. The fourth-order valence-corrected chi connectivity index (χ4v) is 1.99. The van der Waals surface area contributed by atoms with Gasteiger partial charge in [-0.2, -0.15) is 10.1 Å². The van der Waals surface area contributed by atoms with E-state index in [0.29, 0.717) is 5.95 Å². The van der Waals surface area contributed by atoms with Crippen LogP contribution in [0, 0.1) is 0 Å². The van der Waals surface area contributed by atoms with Crippen molar-refractivity contribution in [2.75, 3.05) is 23.7 Å². The molecule has 0 saturated carbocycles. The molecule has 1 heterocycles. The summed E-state index contributed by atoms with van der Waals surface area (Å²) in [6, 6.07) is 10.5. The SMILES string of the molecule is CCCCNc1nncc(NCCCc2ccccc2)n1. The van der Waals surface area contributed by atoms with Gasteiger partial charge in [0, 0.05) is 13.1 Å². The van der Waals surface area contributed by atoms with Crippen LogP contribution in [0.1, 0.15) is 31.7 Å². The molecule has 0 aliphatic heterocycles. The molecule has 2 rings (SSSR count). The van der Waals surface area contributed by atoms with E-state index >= 15 is 0 Å². The second kappa shape index (κ2) is 8.89. The van der Waals surface area contributed by atoms with Crippen LogP contribution in [0.2, 0.25) is 0 Å². The number of hydrogen-bond acceptors (Lipinski definition) is 5. The van der Waals surface area contributed by atoms with Gasteiger partial charge >= 0.3 is 0 Å². The number of unbranched alkanes of at least 4 members (excludes halogenated alkanes) is 1. The Kier molecular flexibility index (Phi) is 6.45. The molecule has 0 radical (unpaired) electrons. The number of nitrogens with zero attached hydrogens (tertiary/aromatic N) is 3. The van der Waals surface area contributed by atoms with E-state index in [1.165, 1.54) is 5.56 Å². The summed E-state index contributed by atoms with van der Waals surface area (Å²) in [4.78, 5) is 4.39. The summed E-state index contributed by atoms with van der Waals surface area (Å²) in [6.07, 6.45) is 6.05. The van der Waals surface area contributed by atoms with Crippen molar-refractivity contribution < 1.29 is 0 Å². The predicted octanol–water partition coefficient (Wildman–Crippen LogP) is 3.13. The summed E-state index contributed by atoms with van der Waals surface area (Å²) in [6.45, 7) is 3.92. The average Bonchev–Trinajstić information content (AvgIpc) is 2.53. The van der Waals surface area contributed by atoms with E-state index in [0.717, 1.165) is 44.6 Å². The van der Waals surface area contributed by atoms with E-state index in [1.54, 1.807) is 6.20 Å². The highest BCUT2D eigenvalue weighted by molar-refractivity contribution is 5.36. The van der Waals surface area contributed by atoms with Crippen molar-refractivity contribution in [3.05, 3.63) is 42.1 Å². The van der Waals surface area contributed by atoms with Crippen LogP contribution in [0.3, 0.4) is 0 Å². The number of hydrogen-bond donors (Lipinski definition) is 2. The zero-order chi connectivity index (χ0) is 14.8. The Morgan fingerprint density at radius 3 is 2.62 bits per heavy atom. The van der Waals surface area contributed by atoms with Crippen LogP contribution in [0.4, 0.5) is 11.8 Å². The Morgan fingerprint density at radius 2 is 1.81 bits per heavy atom. The van der Waals surface area contributed by atoms with Crippen molar-refractivity contribution in [2.45, 2.75) is 32.6 Å². The molecular formula is C16H23N5. The van der Waals surface area contributed by atoms with Crippen molar-refractivity contribution in [3.8, 4) is 0 Å². The normalized spacial score (nSPS) is 10.3. The van der Waals surface area contributed by atoms with E-state index in [9.17, 15) is 0 Å². The third-order valence-electron chi connectivity index (χ3n) is 3.16. The van der Waals surface area contributed by atoms with Crippen LogP contribution in [0.15, 0.2) is 36.5 Å². The van der Waals surface area contributed by atoms with Crippen molar-refractivity contribution in [3.63, 3.8) is 0 Å². The molecule has 2 aromatic rings. The zero-order valence-corrected chi connectivity index (χ0v) is 12.5. The summed E-state index contributed by atoms with van der Waals surface area (Å²) in [5.74, 6) is 1.37. The molecule has 2 N–H and O–H groups in total. The first-order valence-electron chi connectivity index (χ1n) is 7.60. The maximum Gasteiger partial charge on any atom is 0.244 e. The van der Waals surface area contributed by atoms with Gasteiger partial charge in [-0.15, -0.1) is 5.10 Å². The lowest BCUT2D eigenvalue weighted by Crippen LogP contribution is -2.10. The van der Waals surface area contributed by atoms with Crippen molar-refractivity contribution >= 4 is 11.8 Å². The van der Waals surface area contributed by atoms with Crippen LogP contribution in [-0.4, -0.2) is 28.3 Å². The van der Waals surface area contributed by atoms with E-state index in [1.807, 2.05) is 6.07 Å². The second-order valence-electron chi connectivity index (χ2n) is 4.96. The van der Waals surface area contributed by atoms with Crippen molar-refractivity contribution in [2.24, 2.45) is 0 Å². The van der Waals surface area contributed by atoms with Crippen LogP contribution in [-0.2, 0) is 6.42 Å². The largest absolute Gasteiger partial charge is 0.369 e. The number of aryl methyl sites for hydroxylation is 1. The van der Waals surface area contributed by atoms with Crippen LogP contribution in [0.25, 0.3) is 0 Å². The minimum absolute atomic E-state index is 0.594. The summed E-state index contributed by atoms with van der Waals surface area (Å²) in [7, 11) is 0. The lowest BCUT2D eigenvalue weighted by Gasteiger charge is -2.07. The van der Waals surface area contributed by atoms with Gasteiger partial charge in [-0.25, -0.2) is 0 Å². The Labute approximate surface area is 126 Å². The van der Waals surface area contributed by atoms with Gasteiger partial charge in [0.05, 0.1) is 6.20 Å². The zero-order valence-electron chi connectivity index (χ0n) is 12.5. The average molecular weight is 285 g/mol. The van der Waals surface area contributed by atoms with Gasteiger partial charge < -0.3 is 10.6 Å². The standard InChI is InChI=1S/C16H23N5/c1-2-3-11-18-16-20-15(13-19-21-16)17-12-7-10-14-8-5-4-6-9-14/h4-6,8-9,13H,2-3,7,10-12H2,1H3,(H2,17,18,20,21). The molecule has 5 heteroatoms. The van der Waals surface area contributed by atoms with Crippen molar-refractivity contribution in [1.82, 2.24) is 15.2 Å². The quantitative estimate of drug-likeness (QED) is 0.693. The van der Waals surface area contributed by atoms with Gasteiger partial charge in [-0.1, -0.05) is 43.7 Å².